The van der Waals surface area contributed by atoms with E-state index >= 15 is 0 Å². The second-order valence-corrected chi connectivity index (χ2v) is 8.67. The predicted molar refractivity (Wildman–Crippen MR) is 99.8 cm³/mol. The molecule has 0 radical (unpaired) electrons. The molecule has 1 atom stereocenters. The lowest BCUT2D eigenvalue weighted by atomic mass is 10.1. The molecule has 2 aliphatic rings. The minimum absolute atomic E-state index is 0. The number of aryl methyl sites for hydroxylation is 1. The van der Waals surface area contributed by atoms with Crippen LogP contribution >= 0.6 is 24.0 Å². The number of halogens is 2. The van der Waals surface area contributed by atoms with Crippen molar-refractivity contribution in [3.05, 3.63) is 28.8 Å². The van der Waals surface area contributed by atoms with Crippen molar-refractivity contribution in [3.8, 4) is 0 Å². The average Bonchev–Trinajstić information content (AvgIpc) is 2.57. The van der Waals surface area contributed by atoms with E-state index in [0.29, 0.717) is 26.2 Å². The Morgan fingerprint density at radius 3 is 2.76 bits per heavy atom. The number of rotatable bonds is 3. The lowest BCUT2D eigenvalue weighted by molar-refractivity contribution is -0.135. The fourth-order valence-corrected chi connectivity index (χ4v) is 5.42. The Hall–Kier alpha value is -0.860. The van der Waals surface area contributed by atoms with Crippen LogP contribution in [0, 0.1) is 6.92 Å². The Morgan fingerprint density at radius 2 is 2.04 bits per heavy atom. The van der Waals surface area contributed by atoms with Crippen LogP contribution in [0.1, 0.15) is 18.4 Å². The van der Waals surface area contributed by atoms with Crippen molar-refractivity contribution in [1.82, 2.24) is 14.5 Å². The third-order valence-corrected chi connectivity index (χ3v) is 6.98. The van der Waals surface area contributed by atoms with Gasteiger partial charge in [-0.05, 0) is 37.5 Å². The molecule has 0 bridgehead atoms. The summed E-state index contributed by atoms with van der Waals surface area (Å²) >= 11 is 6.13. The summed E-state index contributed by atoms with van der Waals surface area (Å²) in [5, 5.41) is 3.28. The van der Waals surface area contributed by atoms with E-state index in [1.54, 1.807) is 18.2 Å². The van der Waals surface area contributed by atoms with Crippen LogP contribution in [-0.2, 0) is 14.8 Å². The van der Waals surface area contributed by atoms with Crippen LogP contribution in [0.4, 0.5) is 0 Å². The molecule has 1 aromatic carbocycles. The van der Waals surface area contributed by atoms with E-state index in [-0.39, 0.29) is 34.3 Å². The minimum Gasteiger partial charge on any atom is -0.336 e. The highest BCUT2D eigenvalue weighted by Crippen LogP contribution is 2.28. The van der Waals surface area contributed by atoms with Gasteiger partial charge < -0.3 is 10.2 Å². The molecule has 1 amide bonds. The summed E-state index contributed by atoms with van der Waals surface area (Å²) in [6, 6.07) is 4.95. The van der Waals surface area contributed by atoms with E-state index in [9.17, 15) is 13.2 Å². The molecular weight excluding hydrogens is 385 g/mol. The predicted octanol–water partition coefficient (Wildman–Crippen LogP) is 1.66. The van der Waals surface area contributed by atoms with Crippen molar-refractivity contribution < 1.29 is 13.2 Å². The summed E-state index contributed by atoms with van der Waals surface area (Å²) in [4.78, 5) is 14.1. The first kappa shape index (κ1) is 20.5. The SMILES string of the molecule is Cc1ccc(Cl)c(S(=O)(=O)N2CCCC(N3CCNCC3=O)C2)c1.Cl. The van der Waals surface area contributed by atoms with Crippen LogP contribution in [0.15, 0.2) is 23.1 Å². The van der Waals surface area contributed by atoms with Gasteiger partial charge in [-0.3, -0.25) is 4.79 Å². The molecule has 0 spiro atoms. The zero-order valence-corrected chi connectivity index (χ0v) is 16.5. The highest BCUT2D eigenvalue weighted by molar-refractivity contribution is 7.89. The van der Waals surface area contributed by atoms with Crippen molar-refractivity contribution in [2.75, 3.05) is 32.7 Å². The van der Waals surface area contributed by atoms with Crippen molar-refractivity contribution in [2.24, 2.45) is 0 Å². The molecule has 0 aliphatic carbocycles. The number of piperidine rings is 1. The van der Waals surface area contributed by atoms with Gasteiger partial charge in [-0.25, -0.2) is 8.42 Å². The molecular formula is C16H23Cl2N3O3S. The van der Waals surface area contributed by atoms with Crippen molar-refractivity contribution in [1.29, 1.82) is 0 Å². The van der Waals surface area contributed by atoms with Gasteiger partial charge in [0.25, 0.3) is 0 Å². The van der Waals surface area contributed by atoms with E-state index in [0.717, 1.165) is 24.9 Å². The normalized spacial score (nSPS) is 22.6. The van der Waals surface area contributed by atoms with Gasteiger partial charge >= 0.3 is 0 Å². The number of carbonyl (C=O) groups excluding carboxylic acids is 1. The Balaban J connectivity index is 0.00000225. The van der Waals surface area contributed by atoms with Crippen molar-refractivity contribution in [3.63, 3.8) is 0 Å². The zero-order valence-electron chi connectivity index (χ0n) is 14.1. The Bertz CT molecular complexity index is 742. The smallest absolute Gasteiger partial charge is 0.244 e. The molecule has 2 heterocycles. The van der Waals surface area contributed by atoms with E-state index in [4.69, 9.17) is 11.6 Å². The summed E-state index contributed by atoms with van der Waals surface area (Å²) in [5.41, 5.74) is 0.851. The van der Waals surface area contributed by atoms with Gasteiger partial charge in [0.1, 0.15) is 4.90 Å². The number of amides is 1. The third-order valence-electron chi connectivity index (χ3n) is 4.63. The molecule has 2 aliphatic heterocycles. The number of benzene rings is 1. The van der Waals surface area contributed by atoms with Crippen LogP contribution in [0.25, 0.3) is 0 Å². The third kappa shape index (κ3) is 4.28. The quantitative estimate of drug-likeness (QED) is 0.826. The lowest BCUT2D eigenvalue weighted by Gasteiger charge is -2.40. The maximum absolute atomic E-state index is 13.0. The van der Waals surface area contributed by atoms with Gasteiger partial charge in [0.2, 0.25) is 15.9 Å². The fraction of sp³-hybridized carbons (Fsp3) is 0.562. The van der Waals surface area contributed by atoms with E-state index < -0.39 is 10.0 Å². The number of piperazine rings is 1. The van der Waals surface area contributed by atoms with E-state index in [1.807, 2.05) is 11.8 Å². The minimum atomic E-state index is -3.66. The Kier molecular flexibility index (Phi) is 6.73. The fourth-order valence-electron chi connectivity index (χ4n) is 3.35. The van der Waals surface area contributed by atoms with E-state index in [1.165, 1.54) is 4.31 Å². The second kappa shape index (κ2) is 8.22. The topological polar surface area (TPSA) is 69.7 Å². The van der Waals surface area contributed by atoms with Crippen LogP contribution in [0.2, 0.25) is 5.02 Å². The monoisotopic (exact) mass is 407 g/mol. The first-order chi connectivity index (χ1) is 11.4. The molecule has 9 heteroatoms. The standard InChI is InChI=1S/C16H22ClN3O3S.ClH/c1-12-4-5-14(17)15(9-12)24(22,23)19-7-2-3-13(11-19)20-8-6-18-10-16(20)21;/h4-5,9,13,18H,2-3,6-8,10-11H2,1H3;1H. The molecule has 2 fully saturated rings. The van der Waals surface area contributed by atoms with Gasteiger partial charge in [0.15, 0.2) is 0 Å². The highest BCUT2D eigenvalue weighted by atomic mass is 35.5. The molecule has 25 heavy (non-hydrogen) atoms. The lowest BCUT2D eigenvalue weighted by Crippen LogP contribution is -2.57. The Labute approximate surface area is 160 Å². The van der Waals surface area contributed by atoms with Gasteiger partial charge in [-0.1, -0.05) is 17.7 Å². The highest BCUT2D eigenvalue weighted by Gasteiger charge is 2.35. The molecule has 0 aromatic heterocycles. The summed E-state index contributed by atoms with van der Waals surface area (Å²) in [6.45, 7) is 4.34. The number of carbonyl (C=O) groups is 1. The van der Waals surface area contributed by atoms with Gasteiger partial charge in [-0.15, -0.1) is 12.4 Å². The summed E-state index contributed by atoms with van der Waals surface area (Å²) in [7, 11) is -3.66. The largest absolute Gasteiger partial charge is 0.336 e. The van der Waals surface area contributed by atoms with Gasteiger partial charge in [0.05, 0.1) is 11.6 Å². The number of nitrogens with zero attached hydrogens (tertiary/aromatic N) is 2. The maximum Gasteiger partial charge on any atom is 0.244 e. The van der Waals surface area contributed by atoms with Crippen LogP contribution < -0.4 is 5.32 Å². The van der Waals surface area contributed by atoms with Crippen LogP contribution in [-0.4, -0.2) is 62.3 Å². The summed E-state index contributed by atoms with van der Waals surface area (Å²) < 4.78 is 27.5. The molecule has 1 N–H and O–H groups in total. The first-order valence-corrected chi connectivity index (χ1v) is 9.98. The van der Waals surface area contributed by atoms with Crippen LogP contribution in [0.5, 0.6) is 0 Å². The maximum atomic E-state index is 13.0. The second-order valence-electron chi connectivity index (χ2n) is 6.36. The molecule has 1 aromatic rings. The van der Waals surface area contributed by atoms with Gasteiger partial charge in [0, 0.05) is 32.2 Å². The number of hydrogen-bond acceptors (Lipinski definition) is 4. The number of nitrogens with one attached hydrogen (secondary N) is 1. The number of hydrogen-bond donors (Lipinski definition) is 1. The number of sulfonamides is 1. The van der Waals surface area contributed by atoms with Crippen LogP contribution in [0.3, 0.4) is 0 Å². The molecule has 3 rings (SSSR count). The molecule has 140 valence electrons. The Morgan fingerprint density at radius 1 is 1.28 bits per heavy atom. The summed E-state index contributed by atoms with van der Waals surface area (Å²) in [5.74, 6) is 0.0408. The molecule has 0 saturated carbocycles. The molecule has 1 unspecified atom stereocenters. The average molecular weight is 408 g/mol. The first-order valence-electron chi connectivity index (χ1n) is 8.16. The summed E-state index contributed by atoms with van der Waals surface area (Å²) in [6.07, 6.45) is 1.57. The molecule has 2 saturated heterocycles. The van der Waals surface area contributed by atoms with Gasteiger partial charge in [-0.2, -0.15) is 4.31 Å². The molecule has 6 nitrogen and oxygen atoms in total. The van der Waals surface area contributed by atoms with Crippen molar-refractivity contribution >= 4 is 39.9 Å². The zero-order chi connectivity index (χ0) is 17.3. The van der Waals surface area contributed by atoms with Crippen molar-refractivity contribution in [2.45, 2.75) is 30.7 Å². The van der Waals surface area contributed by atoms with E-state index in [2.05, 4.69) is 5.32 Å².